The molecule has 2 N–H and O–H groups in total. The number of hydrogen-bond donors (Lipinski definition) is 1. The average Bonchev–Trinajstić information content (AvgIpc) is 1.64. The molecule has 0 radical (unpaired) electrons. The summed E-state index contributed by atoms with van der Waals surface area (Å²) in [5.41, 5.74) is 5.41. The average molecular weight is 115 g/mol. The summed E-state index contributed by atoms with van der Waals surface area (Å²) in [5, 5.41) is 0. The molecule has 0 aromatic carbocycles. The summed E-state index contributed by atoms with van der Waals surface area (Å²) in [6.07, 6.45) is 3.94. The van der Waals surface area contributed by atoms with Gasteiger partial charge in [-0.1, -0.05) is 0 Å². The van der Waals surface area contributed by atoms with Crippen molar-refractivity contribution in [2.45, 2.75) is 25.3 Å². The van der Waals surface area contributed by atoms with Crippen molar-refractivity contribution in [3.8, 4) is 0 Å². The second-order valence-corrected chi connectivity index (χ2v) is 2.17. The molecule has 0 bridgehead atoms. The van der Waals surface area contributed by atoms with E-state index in [1.807, 2.05) is 0 Å². The highest BCUT2D eigenvalue weighted by Crippen LogP contribution is 2.16. The minimum Gasteiger partial charge on any atom is -0.324 e. The van der Waals surface area contributed by atoms with Gasteiger partial charge in [0, 0.05) is 6.04 Å². The minimum absolute atomic E-state index is 0.0243. The van der Waals surface area contributed by atoms with Crippen LogP contribution >= 0.6 is 0 Å². The Morgan fingerprint density at radius 3 is 2.88 bits per heavy atom. The molecule has 1 unspecified atom stereocenters. The summed E-state index contributed by atoms with van der Waals surface area (Å²) < 4.78 is 12.2. The first-order valence-electron chi connectivity index (χ1n) is 2.91. The van der Waals surface area contributed by atoms with Crippen LogP contribution in [0.25, 0.3) is 0 Å². The van der Waals surface area contributed by atoms with E-state index in [9.17, 15) is 4.39 Å². The number of rotatable bonds is 0. The van der Waals surface area contributed by atoms with E-state index in [1.165, 1.54) is 6.08 Å². The third kappa shape index (κ3) is 1.30. The minimum atomic E-state index is -0.0382. The maximum absolute atomic E-state index is 12.2. The van der Waals surface area contributed by atoms with Gasteiger partial charge in [-0.15, -0.1) is 0 Å². The van der Waals surface area contributed by atoms with E-state index in [2.05, 4.69) is 0 Å². The predicted octanol–water partition coefficient (Wildman–Crippen LogP) is 1.35. The van der Waals surface area contributed by atoms with Crippen molar-refractivity contribution < 1.29 is 4.39 Å². The van der Waals surface area contributed by atoms with E-state index in [4.69, 9.17) is 5.73 Å². The third-order valence-electron chi connectivity index (χ3n) is 1.35. The Bertz CT molecular complexity index is 109. The molecule has 1 atom stereocenters. The first-order valence-corrected chi connectivity index (χ1v) is 2.91. The van der Waals surface area contributed by atoms with Gasteiger partial charge in [-0.2, -0.15) is 0 Å². The lowest BCUT2D eigenvalue weighted by molar-refractivity contribution is 0.509. The summed E-state index contributed by atoms with van der Waals surface area (Å²) in [6, 6.07) is -0.0243. The Morgan fingerprint density at radius 2 is 2.50 bits per heavy atom. The van der Waals surface area contributed by atoms with E-state index in [-0.39, 0.29) is 11.9 Å². The maximum Gasteiger partial charge on any atom is 0.0975 e. The van der Waals surface area contributed by atoms with Crippen LogP contribution in [-0.2, 0) is 0 Å². The molecule has 1 nitrogen and oxygen atoms in total. The predicted molar refractivity (Wildman–Crippen MR) is 31.0 cm³/mol. The van der Waals surface area contributed by atoms with E-state index in [1.54, 1.807) is 0 Å². The molecule has 0 aliphatic heterocycles. The SMILES string of the molecule is NC1C=C(F)CCC1. The van der Waals surface area contributed by atoms with Gasteiger partial charge in [-0.3, -0.25) is 0 Å². The number of halogens is 1. The third-order valence-corrected chi connectivity index (χ3v) is 1.35. The standard InChI is InChI=1S/C6H10FN/c7-5-2-1-3-6(8)4-5/h4,6H,1-3,8H2. The summed E-state index contributed by atoms with van der Waals surface area (Å²) in [6.45, 7) is 0. The van der Waals surface area contributed by atoms with Gasteiger partial charge >= 0.3 is 0 Å². The number of hydrogen-bond acceptors (Lipinski definition) is 1. The van der Waals surface area contributed by atoms with Crippen molar-refractivity contribution in [3.05, 3.63) is 11.9 Å². The summed E-state index contributed by atoms with van der Waals surface area (Å²) in [4.78, 5) is 0. The molecule has 8 heavy (non-hydrogen) atoms. The highest BCUT2D eigenvalue weighted by molar-refractivity contribution is 5.02. The molecule has 0 heterocycles. The summed E-state index contributed by atoms with van der Waals surface area (Å²) in [7, 11) is 0. The second kappa shape index (κ2) is 2.27. The fraction of sp³-hybridized carbons (Fsp3) is 0.667. The number of nitrogens with two attached hydrogens (primary N) is 1. The molecule has 1 aliphatic rings. The van der Waals surface area contributed by atoms with Crippen LogP contribution < -0.4 is 5.73 Å². The Morgan fingerprint density at radius 1 is 1.75 bits per heavy atom. The summed E-state index contributed by atoms with van der Waals surface area (Å²) >= 11 is 0. The highest BCUT2D eigenvalue weighted by atomic mass is 19.1. The van der Waals surface area contributed by atoms with E-state index in [0.717, 1.165) is 12.8 Å². The molecule has 0 saturated heterocycles. The molecule has 0 spiro atoms. The molecule has 0 amide bonds. The van der Waals surface area contributed by atoms with E-state index < -0.39 is 0 Å². The van der Waals surface area contributed by atoms with Gasteiger partial charge in [-0.25, -0.2) is 4.39 Å². The molecule has 2 heteroatoms. The van der Waals surface area contributed by atoms with Gasteiger partial charge in [0.1, 0.15) is 0 Å². The zero-order valence-corrected chi connectivity index (χ0v) is 4.73. The van der Waals surface area contributed by atoms with Gasteiger partial charge in [0.15, 0.2) is 0 Å². The van der Waals surface area contributed by atoms with Crippen molar-refractivity contribution in [1.29, 1.82) is 0 Å². The van der Waals surface area contributed by atoms with Gasteiger partial charge in [0.05, 0.1) is 5.83 Å². The molecule has 0 fully saturated rings. The van der Waals surface area contributed by atoms with Crippen molar-refractivity contribution in [2.75, 3.05) is 0 Å². The smallest absolute Gasteiger partial charge is 0.0975 e. The molecule has 0 saturated carbocycles. The van der Waals surface area contributed by atoms with E-state index in [0.29, 0.717) is 6.42 Å². The van der Waals surface area contributed by atoms with E-state index >= 15 is 0 Å². The van der Waals surface area contributed by atoms with Gasteiger partial charge in [0.25, 0.3) is 0 Å². The normalized spacial score (nSPS) is 29.8. The number of allylic oxidation sites excluding steroid dienone is 1. The van der Waals surface area contributed by atoms with Crippen LogP contribution in [-0.4, -0.2) is 6.04 Å². The zero-order valence-electron chi connectivity index (χ0n) is 4.73. The van der Waals surface area contributed by atoms with Gasteiger partial charge in [-0.05, 0) is 25.3 Å². The maximum atomic E-state index is 12.2. The van der Waals surface area contributed by atoms with Crippen LogP contribution in [0.1, 0.15) is 19.3 Å². The lowest BCUT2D eigenvalue weighted by atomic mass is 10.0. The molecular weight excluding hydrogens is 105 g/mol. The van der Waals surface area contributed by atoms with Crippen molar-refractivity contribution in [1.82, 2.24) is 0 Å². The van der Waals surface area contributed by atoms with Crippen molar-refractivity contribution >= 4 is 0 Å². The molecule has 1 rings (SSSR count). The van der Waals surface area contributed by atoms with Crippen LogP contribution in [0, 0.1) is 0 Å². The second-order valence-electron chi connectivity index (χ2n) is 2.17. The quantitative estimate of drug-likeness (QED) is 0.506. The Labute approximate surface area is 48.4 Å². The molecule has 1 aliphatic carbocycles. The molecule has 0 aromatic rings. The molecule has 0 aromatic heterocycles. The molecular formula is C6H10FN. The summed E-state index contributed by atoms with van der Waals surface area (Å²) in [5.74, 6) is -0.0382. The first-order chi connectivity index (χ1) is 3.79. The van der Waals surface area contributed by atoms with Crippen molar-refractivity contribution in [2.24, 2.45) is 5.73 Å². The van der Waals surface area contributed by atoms with Crippen LogP contribution in [0.5, 0.6) is 0 Å². The Hall–Kier alpha value is -0.370. The van der Waals surface area contributed by atoms with Gasteiger partial charge < -0.3 is 5.73 Å². The monoisotopic (exact) mass is 115 g/mol. The van der Waals surface area contributed by atoms with Gasteiger partial charge in [0.2, 0.25) is 0 Å². The Kier molecular flexibility index (Phi) is 1.63. The van der Waals surface area contributed by atoms with Crippen molar-refractivity contribution in [3.63, 3.8) is 0 Å². The highest BCUT2D eigenvalue weighted by Gasteiger charge is 2.07. The van der Waals surface area contributed by atoms with Crippen LogP contribution in [0.4, 0.5) is 4.39 Å². The lowest BCUT2D eigenvalue weighted by Crippen LogP contribution is -2.19. The van der Waals surface area contributed by atoms with Crippen LogP contribution in [0.3, 0.4) is 0 Å². The topological polar surface area (TPSA) is 26.0 Å². The van der Waals surface area contributed by atoms with Crippen LogP contribution in [0.15, 0.2) is 11.9 Å². The Balaban J connectivity index is 2.50. The molecule has 46 valence electrons. The fourth-order valence-corrected chi connectivity index (χ4v) is 0.906. The van der Waals surface area contributed by atoms with Crippen LogP contribution in [0.2, 0.25) is 0 Å². The lowest BCUT2D eigenvalue weighted by Gasteiger charge is -2.11. The zero-order chi connectivity index (χ0) is 5.98. The largest absolute Gasteiger partial charge is 0.324 e. The fourth-order valence-electron chi connectivity index (χ4n) is 0.906. The first kappa shape index (κ1) is 5.76.